The van der Waals surface area contributed by atoms with Crippen LogP contribution in [0.3, 0.4) is 0 Å². The summed E-state index contributed by atoms with van der Waals surface area (Å²) in [6.07, 6.45) is 1.36. The number of amides is 1. The Morgan fingerprint density at radius 2 is 2.18 bits per heavy atom. The highest BCUT2D eigenvalue weighted by Crippen LogP contribution is 2.23. The maximum Gasteiger partial charge on any atom is 0.257 e. The fourth-order valence-electron chi connectivity index (χ4n) is 1.83. The molecule has 2 aromatic rings. The van der Waals surface area contributed by atoms with Crippen molar-refractivity contribution in [3.8, 4) is 11.9 Å². The van der Waals surface area contributed by atoms with Crippen molar-refractivity contribution in [2.75, 3.05) is 24.3 Å². The summed E-state index contributed by atoms with van der Waals surface area (Å²) in [5, 5.41) is 22.3. The number of methoxy groups -OCH3 is 1. The van der Waals surface area contributed by atoms with Gasteiger partial charge in [0.1, 0.15) is 0 Å². The summed E-state index contributed by atoms with van der Waals surface area (Å²) >= 11 is 0. The highest BCUT2D eigenvalue weighted by Gasteiger charge is 2.11. The van der Waals surface area contributed by atoms with E-state index >= 15 is 0 Å². The predicted octanol–water partition coefficient (Wildman–Crippen LogP) is 2.04. The standard InChI is InChI=1S/C15H15N5O2/c1-3-17-13-6-10(8-16)4-5-12(13)19-15(21)11-7-14(22-2)20-18-9-11/h4-7,9,17H,3H2,1-2H3,(H,19,21). The van der Waals surface area contributed by atoms with Gasteiger partial charge in [-0.25, -0.2) is 0 Å². The lowest BCUT2D eigenvalue weighted by Gasteiger charge is -2.12. The highest BCUT2D eigenvalue weighted by molar-refractivity contribution is 6.05. The van der Waals surface area contributed by atoms with Gasteiger partial charge >= 0.3 is 0 Å². The predicted molar refractivity (Wildman–Crippen MR) is 81.9 cm³/mol. The molecule has 0 unspecified atom stereocenters. The van der Waals surface area contributed by atoms with Crippen LogP contribution >= 0.6 is 0 Å². The van der Waals surface area contributed by atoms with E-state index in [0.717, 1.165) is 0 Å². The molecule has 7 heteroatoms. The van der Waals surface area contributed by atoms with Gasteiger partial charge in [-0.05, 0) is 25.1 Å². The SMILES string of the molecule is CCNc1cc(C#N)ccc1NC(=O)c1cnnc(OC)c1. The molecule has 0 bridgehead atoms. The van der Waals surface area contributed by atoms with E-state index < -0.39 is 0 Å². The van der Waals surface area contributed by atoms with Gasteiger partial charge in [0.25, 0.3) is 5.91 Å². The van der Waals surface area contributed by atoms with E-state index in [1.165, 1.54) is 19.4 Å². The van der Waals surface area contributed by atoms with Gasteiger partial charge in [-0.15, -0.1) is 5.10 Å². The molecule has 0 spiro atoms. The molecule has 2 N–H and O–H groups in total. The Labute approximate surface area is 127 Å². The molecular weight excluding hydrogens is 282 g/mol. The fourth-order valence-corrected chi connectivity index (χ4v) is 1.83. The van der Waals surface area contributed by atoms with Crippen molar-refractivity contribution in [2.45, 2.75) is 6.92 Å². The lowest BCUT2D eigenvalue weighted by Crippen LogP contribution is -2.14. The number of rotatable bonds is 5. The summed E-state index contributed by atoms with van der Waals surface area (Å²) < 4.78 is 4.95. The molecule has 0 fully saturated rings. The van der Waals surface area contributed by atoms with Gasteiger partial charge in [0.05, 0.1) is 41.9 Å². The summed E-state index contributed by atoms with van der Waals surface area (Å²) in [4.78, 5) is 12.3. The summed E-state index contributed by atoms with van der Waals surface area (Å²) in [6, 6.07) is 8.57. The van der Waals surface area contributed by atoms with Gasteiger partial charge in [-0.3, -0.25) is 4.79 Å². The van der Waals surface area contributed by atoms with Crippen LogP contribution in [0.2, 0.25) is 0 Å². The number of carbonyl (C=O) groups is 1. The zero-order valence-electron chi connectivity index (χ0n) is 12.3. The van der Waals surface area contributed by atoms with Crippen molar-refractivity contribution >= 4 is 17.3 Å². The zero-order valence-corrected chi connectivity index (χ0v) is 12.3. The molecule has 0 aliphatic carbocycles. The van der Waals surface area contributed by atoms with Crippen LogP contribution in [0.15, 0.2) is 30.5 Å². The molecule has 0 atom stereocenters. The second-order valence-corrected chi connectivity index (χ2v) is 4.34. The maximum absolute atomic E-state index is 12.3. The van der Waals surface area contributed by atoms with Gasteiger partial charge in [0, 0.05) is 12.6 Å². The Bertz CT molecular complexity index is 724. The second-order valence-electron chi connectivity index (χ2n) is 4.34. The lowest BCUT2D eigenvalue weighted by molar-refractivity contribution is 0.102. The Morgan fingerprint density at radius 3 is 2.86 bits per heavy atom. The number of ether oxygens (including phenoxy) is 1. The minimum absolute atomic E-state index is 0.263. The van der Waals surface area contributed by atoms with Crippen LogP contribution in [0.25, 0.3) is 0 Å². The van der Waals surface area contributed by atoms with Gasteiger partial charge in [-0.2, -0.15) is 10.4 Å². The van der Waals surface area contributed by atoms with Crippen molar-refractivity contribution in [3.63, 3.8) is 0 Å². The Hall–Kier alpha value is -3.14. The fraction of sp³-hybridized carbons (Fsp3) is 0.200. The maximum atomic E-state index is 12.3. The molecule has 0 saturated carbocycles. The number of hydrogen-bond acceptors (Lipinski definition) is 6. The van der Waals surface area contributed by atoms with Gasteiger partial charge in [0.15, 0.2) is 0 Å². The topological polar surface area (TPSA) is 99.9 Å². The van der Waals surface area contributed by atoms with E-state index in [-0.39, 0.29) is 11.8 Å². The lowest BCUT2D eigenvalue weighted by atomic mass is 10.1. The Kier molecular flexibility index (Phi) is 4.88. The molecule has 1 amide bonds. The first kappa shape index (κ1) is 15.3. The van der Waals surface area contributed by atoms with Crippen LogP contribution in [0.1, 0.15) is 22.8 Å². The van der Waals surface area contributed by atoms with Crippen LogP contribution in [0.5, 0.6) is 5.88 Å². The number of aromatic nitrogens is 2. The van der Waals surface area contributed by atoms with Crippen molar-refractivity contribution in [1.29, 1.82) is 5.26 Å². The molecule has 1 aromatic carbocycles. The summed E-state index contributed by atoms with van der Waals surface area (Å²) in [5.41, 5.74) is 2.12. The minimum Gasteiger partial charge on any atom is -0.480 e. The first-order chi connectivity index (χ1) is 10.7. The number of benzene rings is 1. The first-order valence-electron chi connectivity index (χ1n) is 6.64. The van der Waals surface area contributed by atoms with E-state index in [1.807, 2.05) is 6.92 Å². The third-order valence-corrected chi connectivity index (χ3v) is 2.87. The van der Waals surface area contributed by atoms with Crippen molar-refractivity contribution in [3.05, 3.63) is 41.6 Å². The molecule has 1 heterocycles. The number of carbonyl (C=O) groups excluding carboxylic acids is 1. The molecule has 0 aliphatic rings. The molecule has 7 nitrogen and oxygen atoms in total. The average molecular weight is 297 g/mol. The normalized spacial score (nSPS) is 9.68. The molecule has 22 heavy (non-hydrogen) atoms. The third-order valence-electron chi connectivity index (χ3n) is 2.87. The van der Waals surface area contributed by atoms with Crippen molar-refractivity contribution < 1.29 is 9.53 Å². The van der Waals surface area contributed by atoms with Crippen LogP contribution in [0.4, 0.5) is 11.4 Å². The first-order valence-corrected chi connectivity index (χ1v) is 6.64. The molecule has 0 aliphatic heterocycles. The second kappa shape index (κ2) is 7.04. The Morgan fingerprint density at radius 1 is 1.36 bits per heavy atom. The molecular formula is C15H15N5O2. The number of nitrogens with one attached hydrogen (secondary N) is 2. The number of hydrogen-bond donors (Lipinski definition) is 2. The molecule has 112 valence electrons. The van der Waals surface area contributed by atoms with Gasteiger partial charge in [0.2, 0.25) is 5.88 Å². The zero-order chi connectivity index (χ0) is 15.9. The van der Waals surface area contributed by atoms with Crippen LogP contribution < -0.4 is 15.4 Å². The molecule has 0 saturated heterocycles. The van der Waals surface area contributed by atoms with Gasteiger partial charge < -0.3 is 15.4 Å². The van der Waals surface area contributed by atoms with Crippen LogP contribution in [-0.4, -0.2) is 29.8 Å². The highest BCUT2D eigenvalue weighted by atomic mass is 16.5. The Balaban J connectivity index is 2.25. The van der Waals surface area contributed by atoms with E-state index in [1.54, 1.807) is 18.2 Å². The van der Waals surface area contributed by atoms with E-state index in [4.69, 9.17) is 10.00 Å². The summed E-state index contributed by atoms with van der Waals surface area (Å²) in [7, 11) is 1.45. The van der Waals surface area contributed by atoms with Gasteiger partial charge in [-0.1, -0.05) is 0 Å². The van der Waals surface area contributed by atoms with E-state index in [2.05, 4.69) is 26.9 Å². The van der Waals surface area contributed by atoms with E-state index in [0.29, 0.717) is 29.0 Å². The summed E-state index contributed by atoms with van der Waals surface area (Å²) in [6.45, 7) is 2.60. The largest absolute Gasteiger partial charge is 0.480 e. The molecule has 2 rings (SSSR count). The average Bonchev–Trinajstić information content (AvgIpc) is 2.56. The smallest absolute Gasteiger partial charge is 0.257 e. The van der Waals surface area contributed by atoms with Crippen LogP contribution in [0, 0.1) is 11.3 Å². The number of nitrogens with zero attached hydrogens (tertiary/aromatic N) is 3. The third kappa shape index (κ3) is 3.49. The molecule has 1 aromatic heterocycles. The van der Waals surface area contributed by atoms with Crippen molar-refractivity contribution in [1.82, 2.24) is 10.2 Å². The van der Waals surface area contributed by atoms with Crippen LogP contribution in [-0.2, 0) is 0 Å². The van der Waals surface area contributed by atoms with E-state index in [9.17, 15) is 4.79 Å². The summed E-state index contributed by atoms with van der Waals surface area (Å²) in [5.74, 6) is -0.0727. The molecule has 0 radical (unpaired) electrons. The monoisotopic (exact) mass is 297 g/mol. The quantitative estimate of drug-likeness (QED) is 0.876. The van der Waals surface area contributed by atoms with Crippen molar-refractivity contribution in [2.24, 2.45) is 0 Å². The number of anilines is 2. The number of nitriles is 1. The minimum atomic E-state index is -0.336.